The number of hydrogen-bond acceptors (Lipinski definition) is 1. The van der Waals surface area contributed by atoms with Gasteiger partial charge in [-0.05, 0) is 30.7 Å². The quantitative estimate of drug-likeness (QED) is 0.672. The van der Waals surface area contributed by atoms with Crippen LogP contribution < -0.4 is 4.74 Å². The Bertz CT molecular complexity index is 307. The normalized spacial score (nSPS) is 12.2. The van der Waals surface area contributed by atoms with Crippen LogP contribution in [0.5, 0.6) is 5.75 Å². The smallest absolute Gasteiger partial charge is 0.119 e. The molecule has 0 spiro atoms. The van der Waals surface area contributed by atoms with Gasteiger partial charge >= 0.3 is 0 Å². The van der Waals surface area contributed by atoms with Gasteiger partial charge in [0.05, 0.1) is 7.11 Å². The van der Waals surface area contributed by atoms with Crippen LogP contribution in [0.25, 0.3) is 0 Å². The monoisotopic (exact) mass is 195 g/mol. The van der Waals surface area contributed by atoms with Gasteiger partial charge in [0, 0.05) is 10.9 Å². The van der Waals surface area contributed by atoms with Crippen LogP contribution in [0, 0.1) is 6.92 Å². The van der Waals surface area contributed by atoms with Crippen molar-refractivity contribution in [2.45, 2.75) is 5.92 Å². The Morgan fingerprint density at radius 1 is 1.54 bits per heavy atom. The second kappa shape index (κ2) is 4.33. The standard InChI is InChI=1S/C11H12ClO/c1-4-8(2)10-7-9(13-3)5-6-11(10)12/h4-8H,1-2H2,3H3. The predicted octanol–water partition coefficient (Wildman–Crippen LogP) is 3.45. The number of benzene rings is 1. The number of rotatable bonds is 3. The summed E-state index contributed by atoms with van der Waals surface area (Å²) in [6.45, 7) is 7.58. The Balaban J connectivity index is 3.10. The van der Waals surface area contributed by atoms with Crippen LogP contribution in [-0.4, -0.2) is 7.11 Å². The summed E-state index contributed by atoms with van der Waals surface area (Å²) in [6, 6.07) is 5.50. The summed E-state index contributed by atoms with van der Waals surface area (Å²) in [4.78, 5) is 0. The Hall–Kier alpha value is -0.950. The van der Waals surface area contributed by atoms with E-state index >= 15 is 0 Å². The molecule has 0 heterocycles. The molecule has 69 valence electrons. The summed E-state index contributed by atoms with van der Waals surface area (Å²) in [7, 11) is 1.62. The minimum Gasteiger partial charge on any atom is -0.497 e. The van der Waals surface area contributed by atoms with E-state index in [0.717, 1.165) is 11.3 Å². The van der Waals surface area contributed by atoms with E-state index < -0.39 is 0 Å². The van der Waals surface area contributed by atoms with Gasteiger partial charge in [0.2, 0.25) is 0 Å². The van der Waals surface area contributed by atoms with Crippen molar-refractivity contribution in [3.63, 3.8) is 0 Å². The van der Waals surface area contributed by atoms with Crippen LogP contribution in [0.15, 0.2) is 30.9 Å². The molecule has 0 aliphatic heterocycles. The van der Waals surface area contributed by atoms with Gasteiger partial charge in [-0.1, -0.05) is 17.7 Å². The van der Waals surface area contributed by atoms with Gasteiger partial charge in [-0.15, -0.1) is 6.58 Å². The van der Waals surface area contributed by atoms with E-state index in [1.54, 1.807) is 19.3 Å². The Labute approximate surface area is 84.0 Å². The molecule has 13 heavy (non-hydrogen) atoms. The highest BCUT2D eigenvalue weighted by Gasteiger charge is 2.07. The van der Waals surface area contributed by atoms with Gasteiger partial charge in [0.25, 0.3) is 0 Å². The van der Waals surface area contributed by atoms with Gasteiger partial charge in [-0.2, -0.15) is 0 Å². The summed E-state index contributed by atoms with van der Waals surface area (Å²) in [5, 5.41) is 0.695. The number of methoxy groups -OCH3 is 1. The highest BCUT2D eigenvalue weighted by atomic mass is 35.5. The third kappa shape index (κ3) is 2.25. The molecule has 2 heteroatoms. The lowest BCUT2D eigenvalue weighted by atomic mass is 10.0. The largest absolute Gasteiger partial charge is 0.497 e. The SMILES string of the molecule is [CH2]C(C=C)c1cc(OC)ccc1Cl. The molecule has 1 aromatic rings. The first-order chi connectivity index (χ1) is 6.19. The molecule has 0 fully saturated rings. The van der Waals surface area contributed by atoms with Gasteiger partial charge in [-0.25, -0.2) is 0 Å². The topological polar surface area (TPSA) is 9.23 Å². The number of ether oxygens (including phenoxy) is 1. The molecule has 0 aliphatic carbocycles. The molecule has 0 bridgehead atoms. The highest BCUT2D eigenvalue weighted by Crippen LogP contribution is 2.28. The second-order valence-corrected chi connectivity index (χ2v) is 3.14. The summed E-state index contributed by atoms with van der Waals surface area (Å²) in [6.07, 6.45) is 1.75. The molecule has 0 amide bonds. The van der Waals surface area contributed by atoms with Crippen molar-refractivity contribution >= 4 is 11.6 Å². The molecule has 0 N–H and O–H groups in total. The molecule has 0 saturated carbocycles. The summed E-state index contributed by atoms with van der Waals surface area (Å²) < 4.78 is 5.08. The molecule has 1 aromatic carbocycles. The van der Waals surface area contributed by atoms with Crippen LogP contribution in [0.2, 0.25) is 5.02 Å². The van der Waals surface area contributed by atoms with Crippen molar-refractivity contribution in [1.82, 2.24) is 0 Å². The van der Waals surface area contributed by atoms with E-state index in [1.807, 2.05) is 12.1 Å². The van der Waals surface area contributed by atoms with Crippen molar-refractivity contribution in [2.24, 2.45) is 0 Å². The first kappa shape index (κ1) is 10.1. The maximum atomic E-state index is 5.98. The lowest BCUT2D eigenvalue weighted by Gasteiger charge is -2.10. The lowest BCUT2D eigenvalue weighted by molar-refractivity contribution is 0.414. The Morgan fingerprint density at radius 2 is 2.23 bits per heavy atom. The number of allylic oxidation sites excluding steroid dienone is 1. The first-order valence-corrected chi connectivity index (χ1v) is 4.36. The molecular weight excluding hydrogens is 184 g/mol. The molecule has 0 aliphatic rings. The maximum absolute atomic E-state index is 5.98. The number of hydrogen-bond donors (Lipinski definition) is 0. The molecule has 0 aromatic heterocycles. The van der Waals surface area contributed by atoms with E-state index in [4.69, 9.17) is 16.3 Å². The minimum absolute atomic E-state index is 0.00241. The van der Waals surface area contributed by atoms with Crippen molar-refractivity contribution < 1.29 is 4.74 Å². The van der Waals surface area contributed by atoms with Crippen molar-refractivity contribution in [1.29, 1.82) is 0 Å². The average Bonchev–Trinajstić information content (AvgIpc) is 2.17. The zero-order valence-electron chi connectivity index (χ0n) is 7.59. The Morgan fingerprint density at radius 3 is 2.77 bits per heavy atom. The Kier molecular flexibility index (Phi) is 3.38. The van der Waals surface area contributed by atoms with Crippen molar-refractivity contribution in [2.75, 3.05) is 7.11 Å². The lowest BCUT2D eigenvalue weighted by Crippen LogP contribution is -1.92. The summed E-state index contributed by atoms with van der Waals surface area (Å²) >= 11 is 5.98. The van der Waals surface area contributed by atoms with E-state index in [9.17, 15) is 0 Å². The first-order valence-electron chi connectivity index (χ1n) is 3.98. The zero-order valence-corrected chi connectivity index (χ0v) is 8.34. The second-order valence-electron chi connectivity index (χ2n) is 2.73. The molecule has 1 rings (SSSR count). The van der Waals surface area contributed by atoms with E-state index in [1.165, 1.54) is 0 Å². The van der Waals surface area contributed by atoms with Crippen LogP contribution >= 0.6 is 11.6 Å². The fraction of sp³-hybridized carbons (Fsp3) is 0.182. The molecular formula is C11H12ClO. The highest BCUT2D eigenvalue weighted by molar-refractivity contribution is 6.31. The summed E-state index contributed by atoms with van der Waals surface area (Å²) in [5.74, 6) is 0.789. The van der Waals surface area contributed by atoms with E-state index in [2.05, 4.69) is 13.5 Å². The molecule has 1 radical (unpaired) electrons. The fourth-order valence-electron chi connectivity index (χ4n) is 1.06. The van der Waals surface area contributed by atoms with Gasteiger partial charge < -0.3 is 4.74 Å². The van der Waals surface area contributed by atoms with Crippen LogP contribution in [0.1, 0.15) is 11.5 Å². The maximum Gasteiger partial charge on any atom is 0.119 e. The van der Waals surface area contributed by atoms with Crippen LogP contribution in [-0.2, 0) is 0 Å². The third-order valence-electron chi connectivity index (χ3n) is 1.89. The van der Waals surface area contributed by atoms with E-state index in [-0.39, 0.29) is 5.92 Å². The summed E-state index contributed by atoms with van der Waals surface area (Å²) in [5.41, 5.74) is 0.941. The van der Waals surface area contributed by atoms with Gasteiger partial charge in [0.1, 0.15) is 5.75 Å². The average molecular weight is 196 g/mol. The van der Waals surface area contributed by atoms with Crippen LogP contribution in [0.4, 0.5) is 0 Å². The molecule has 1 nitrogen and oxygen atoms in total. The third-order valence-corrected chi connectivity index (χ3v) is 2.23. The number of halogens is 1. The van der Waals surface area contributed by atoms with Gasteiger partial charge in [-0.3, -0.25) is 0 Å². The predicted molar refractivity (Wildman–Crippen MR) is 56.3 cm³/mol. The van der Waals surface area contributed by atoms with Gasteiger partial charge in [0.15, 0.2) is 0 Å². The van der Waals surface area contributed by atoms with Crippen molar-refractivity contribution in [3.8, 4) is 5.75 Å². The molecule has 1 atom stereocenters. The van der Waals surface area contributed by atoms with Crippen molar-refractivity contribution in [3.05, 3.63) is 48.4 Å². The minimum atomic E-state index is 0.00241. The van der Waals surface area contributed by atoms with Crippen LogP contribution in [0.3, 0.4) is 0 Å². The molecule has 1 unspecified atom stereocenters. The molecule has 0 saturated heterocycles. The fourth-order valence-corrected chi connectivity index (χ4v) is 1.32. The zero-order chi connectivity index (χ0) is 9.84. The van der Waals surface area contributed by atoms with E-state index in [0.29, 0.717) is 5.02 Å².